The molecule has 0 saturated carbocycles. The van der Waals surface area contributed by atoms with Crippen LogP contribution in [0.3, 0.4) is 0 Å². The Hall–Kier alpha value is -4.34. The fraction of sp³-hybridized carbons (Fsp3) is 0.484. The van der Waals surface area contributed by atoms with Crippen LogP contribution in [-0.4, -0.2) is 167 Å². The van der Waals surface area contributed by atoms with Crippen molar-refractivity contribution >= 4 is 117 Å². The molecule has 2 aromatic heterocycles. The van der Waals surface area contributed by atoms with Gasteiger partial charge in [0, 0.05) is 71.4 Å². The summed E-state index contributed by atoms with van der Waals surface area (Å²) in [7, 11) is 0. The van der Waals surface area contributed by atoms with Gasteiger partial charge >= 0.3 is 12.2 Å². The van der Waals surface area contributed by atoms with Crippen molar-refractivity contribution in [2.75, 3.05) is 74.7 Å². The van der Waals surface area contributed by atoms with Crippen LogP contribution in [0.5, 0.6) is 0 Å². The number of anilines is 2. The Morgan fingerprint density at radius 3 is 1.60 bits per heavy atom. The molecular weight excluding hydrogens is 1300 g/mol. The van der Waals surface area contributed by atoms with E-state index in [0.717, 1.165) is 87.9 Å². The monoisotopic (exact) mass is 1390 g/mol. The van der Waals surface area contributed by atoms with Gasteiger partial charge in [0.25, 0.3) is 0 Å². The first kappa shape index (κ1) is 78.9. The van der Waals surface area contributed by atoms with Crippen molar-refractivity contribution in [3.05, 3.63) is 135 Å². The molecule has 27 heteroatoms. The zero-order valence-corrected chi connectivity index (χ0v) is 58.6. The van der Waals surface area contributed by atoms with E-state index in [4.69, 9.17) is 70.3 Å². The predicted octanol–water partition coefficient (Wildman–Crippen LogP) is 8.07. The molecule has 4 atom stereocenters. The molecular formula is C62H87Cl5N10O9S3. The number of rotatable bonds is 15. The Morgan fingerprint density at radius 2 is 1.13 bits per heavy atom. The average molecular weight is 1390 g/mol. The largest absolute Gasteiger partial charge is 1.00 e. The number of nitrogen functional groups attached to an aromatic ring is 2. The summed E-state index contributed by atoms with van der Waals surface area (Å²) in [5.74, 6) is 3.49. The zero-order valence-electron chi connectivity index (χ0n) is 52.4. The first-order valence-electron chi connectivity index (χ1n) is 28.3. The SMILES string of the molecule is CC(C)(C)OC(=O)N1C(CO)COC1(C)C.CC(C)(C)OC(=O)N1[C@@H](CSc2ccc(Cl)cc2)COC1(C)C.CCl.Nc1ncnc2c1CC=C2.Nc1ncnc2c1CC=C2CN[C@H](CO)CSc1ccc(Cl)cc1.[Cl-].[NH3+][C@H](CO)CSc1ccc(Cl)cc1. The van der Waals surface area contributed by atoms with Crippen LogP contribution in [0.1, 0.15) is 91.8 Å². The summed E-state index contributed by atoms with van der Waals surface area (Å²) in [6, 6.07) is 22.8. The number of fused-ring (bicyclic) bond motifs is 2. The summed E-state index contributed by atoms with van der Waals surface area (Å²) in [4.78, 5) is 47.3. The van der Waals surface area contributed by atoms with Crippen molar-refractivity contribution in [1.82, 2.24) is 35.1 Å². The van der Waals surface area contributed by atoms with Gasteiger partial charge in [-0.15, -0.1) is 46.9 Å². The standard InChI is InChI=1S/C17H19ClN4OS.C17H24ClNO3S.C11H21NO4.C9H12ClNOS.C7H7N3.CH3Cl.ClH/c18-12-2-4-14(5-3-12)24-9-13(8-23)20-7-11-1-6-15-16(11)21-10-22-17(15)19;1-16(2,3)22-15(20)19-13(10-21-17(19,4)5)11-23-14-8-6-12(18)7-9-14;1-10(2,3)16-9(14)12-8(6-13)7-15-11(12,4)5;10-7-1-3-9(4-2-7)13-6-8(11)5-12;8-7-5-2-1-3-6(5)9-4-10-7;1-2;/h1-5,10,13,20,23H,6-9H2,(H2,19,21,22);6-9,13H,10-11H2,1-5H3;8,13H,6-7H2,1-5H3;1-4,8,12H,5-6,11H2;1,3-4H,2H2,(H2,8,9,10);1H3;1H/t2*13-;;8-;;;/m11.1.../s1. The van der Waals surface area contributed by atoms with E-state index >= 15 is 0 Å². The minimum absolute atomic E-state index is 0. The number of hydrogen-bond acceptors (Lipinski definition) is 19. The van der Waals surface area contributed by atoms with E-state index in [1.807, 2.05) is 140 Å². The van der Waals surface area contributed by atoms with Gasteiger partial charge in [-0.25, -0.2) is 29.5 Å². The van der Waals surface area contributed by atoms with Gasteiger partial charge in [-0.2, -0.15) is 0 Å². The van der Waals surface area contributed by atoms with Crippen LogP contribution in [-0.2, 0) is 31.8 Å². The normalized spacial score (nSPS) is 17.1. The molecule has 4 heterocycles. The number of aromatic nitrogens is 4. The summed E-state index contributed by atoms with van der Waals surface area (Å²) in [5.41, 5.74) is 17.8. The van der Waals surface area contributed by atoms with Gasteiger partial charge < -0.3 is 69.2 Å². The Kier molecular flexibility index (Phi) is 33.7. The second-order valence-corrected chi connectivity index (χ2v) is 27.6. The van der Waals surface area contributed by atoms with E-state index in [-0.39, 0.29) is 62.5 Å². The highest BCUT2D eigenvalue weighted by atomic mass is 35.5. The number of ether oxygens (including phenoxy) is 4. The van der Waals surface area contributed by atoms with Crippen LogP contribution in [0.25, 0.3) is 11.6 Å². The fourth-order valence-corrected chi connectivity index (χ4v) is 11.7. The molecule has 3 aromatic carbocycles. The molecule has 19 nitrogen and oxygen atoms in total. The van der Waals surface area contributed by atoms with Gasteiger partial charge in [-0.3, -0.25) is 9.80 Å². The average Bonchev–Trinajstić information content (AvgIpc) is 2.28. The van der Waals surface area contributed by atoms with E-state index < -0.39 is 28.7 Å². The lowest BCUT2D eigenvalue weighted by Gasteiger charge is -2.35. The summed E-state index contributed by atoms with van der Waals surface area (Å²) < 4.78 is 22.1. The molecule has 2 amide bonds. The number of halogens is 5. The molecule has 2 aliphatic carbocycles. The molecule has 89 heavy (non-hydrogen) atoms. The summed E-state index contributed by atoms with van der Waals surface area (Å²) in [6.07, 6.45) is 11.4. The molecule has 0 radical (unpaired) electrons. The Morgan fingerprint density at radius 1 is 0.685 bits per heavy atom. The summed E-state index contributed by atoms with van der Waals surface area (Å²) in [5, 5.41) is 33.1. The lowest BCUT2D eigenvalue weighted by atomic mass is 10.2. The number of nitrogens with one attached hydrogen (secondary N) is 1. The third-order valence-corrected chi connectivity index (χ3v) is 17.2. The topological polar surface area (TPSA) is 282 Å². The third kappa shape index (κ3) is 26.7. The highest BCUT2D eigenvalue weighted by Gasteiger charge is 2.46. The van der Waals surface area contributed by atoms with E-state index in [2.05, 4.69) is 48.7 Å². The van der Waals surface area contributed by atoms with Crippen LogP contribution < -0.4 is 34.9 Å². The molecule has 5 aromatic rings. The molecule has 2 fully saturated rings. The molecule has 2 saturated heterocycles. The zero-order chi connectivity index (χ0) is 65.4. The Bertz CT molecular complexity index is 3020. The minimum atomic E-state index is -0.726. The number of aliphatic hydroxyl groups is 3. The molecule has 9 rings (SSSR count). The summed E-state index contributed by atoms with van der Waals surface area (Å²) >= 11 is 27.2. The third-order valence-electron chi connectivity index (χ3n) is 12.9. The lowest BCUT2D eigenvalue weighted by molar-refractivity contribution is -0.417. The highest BCUT2D eigenvalue weighted by Crippen LogP contribution is 2.34. The molecule has 2 aliphatic heterocycles. The van der Waals surface area contributed by atoms with Crippen molar-refractivity contribution in [1.29, 1.82) is 0 Å². The first-order chi connectivity index (χ1) is 41.5. The molecule has 4 aliphatic rings. The fourth-order valence-electron chi connectivity index (χ4n) is 8.53. The number of carbonyl (C=O) groups excluding carboxylic acids is 2. The quantitative estimate of drug-likeness (QED) is 0.0385. The van der Waals surface area contributed by atoms with E-state index in [1.54, 1.807) is 54.0 Å². The van der Waals surface area contributed by atoms with Gasteiger partial charge in [0.1, 0.15) is 53.0 Å². The maximum atomic E-state index is 12.5. The molecule has 11 N–H and O–H groups in total. The van der Waals surface area contributed by atoms with E-state index in [9.17, 15) is 19.8 Å². The second kappa shape index (κ2) is 38.0. The number of thioether (sulfide) groups is 3. The number of carbonyl (C=O) groups is 2. The van der Waals surface area contributed by atoms with Crippen molar-refractivity contribution in [2.24, 2.45) is 0 Å². The minimum Gasteiger partial charge on any atom is -1.00 e. The highest BCUT2D eigenvalue weighted by molar-refractivity contribution is 7.99. The van der Waals surface area contributed by atoms with Gasteiger partial charge in [0.05, 0.1) is 62.3 Å². The maximum Gasteiger partial charge on any atom is 0.412 e. The molecule has 492 valence electrons. The van der Waals surface area contributed by atoms with Crippen LogP contribution >= 0.6 is 81.7 Å². The van der Waals surface area contributed by atoms with Crippen molar-refractivity contribution in [2.45, 2.75) is 144 Å². The van der Waals surface area contributed by atoms with Crippen LogP contribution in [0, 0.1) is 0 Å². The number of aliphatic hydroxyl groups excluding tert-OH is 3. The summed E-state index contributed by atoms with van der Waals surface area (Å²) in [6.45, 7) is 20.0. The first-order valence-corrected chi connectivity index (χ1v) is 33.2. The molecule has 0 bridgehead atoms. The predicted molar refractivity (Wildman–Crippen MR) is 359 cm³/mol. The number of allylic oxidation sites excluding steroid dienone is 2. The number of hydrogen-bond donors (Lipinski definition) is 7. The number of amides is 2. The van der Waals surface area contributed by atoms with E-state index in [1.165, 1.54) is 23.9 Å². The van der Waals surface area contributed by atoms with Crippen molar-refractivity contribution in [3.8, 4) is 0 Å². The number of quaternary nitrogens is 1. The van der Waals surface area contributed by atoms with Gasteiger partial charge in [0.15, 0.2) is 0 Å². The Labute approximate surface area is 563 Å². The number of nitrogens with two attached hydrogens (primary N) is 2. The lowest BCUT2D eigenvalue weighted by Crippen LogP contribution is -3.00. The van der Waals surface area contributed by atoms with Gasteiger partial charge in [0.2, 0.25) is 0 Å². The number of nitrogens with zero attached hydrogens (tertiary/aromatic N) is 6. The number of benzene rings is 3. The smallest absolute Gasteiger partial charge is 0.412 e. The van der Waals surface area contributed by atoms with Crippen LogP contribution in [0.4, 0.5) is 21.2 Å². The van der Waals surface area contributed by atoms with Crippen molar-refractivity contribution < 1.29 is 62.0 Å². The van der Waals surface area contributed by atoms with Gasteiger partial charge in [-0.1, -0.05) is 47.0 Å². The maximum absolute atomic E-state index is 12.5. The van der Waals surface area contributed by atoms with Crippen molar-refractivity contribution in [3.63, 3.8) is 0 Å². The van der Waals surface area contributed by atoms with E-state index in [0.29, 0.717) is 31.4 Å². The van der Waals surface area contributed by atoms with Crippen LogP contribution in [0.2, 0.25) is 15.1 Å². The van der Waals surface area contributed by atoms with Crippen LogP contribution in [0.15, 0.2) is 112 Å². The molecule has 1 unspecified atom stereocenters. The Balaban J connectivity index is 0.000000297. The second-order valence-electron chi connectivity index (χ2n) is 23.1. The number of alkyl halides is 1. The molecule has 0 spiro atoms. The van der Waals surface area contributed by atoms with Gasteiger partial charge in [-0.05, 0) is 167 Å².